The van der Waals surface area contributed by atoms with Crippen LogP contribution in [-0.2, 0) is 0 Å². The summed E-state index contributed by atoms with van der Waals surface area (Å²) in [5.74, 6) is 2.12. The van der Waals surface area contributed by atoms with E-state index in [2.05, 4.69) is 45.1 Å². The number of nitrogens with one attached hydrogen (secondary N) is 1. The van der Waals surface area contributed by atoms with E-state index >= 15 is 0 Å². The molecular formula is C15H25NO. The third-order valence-corrected chi connectivity index (χ3v) is 3.09. The fraction of sp³-hybridized carbons (Fsp3) is 0.600. The first-order valence-corrected chi connectivity index (χ1v) is 6.42. The average molecular weight is 235 g/mol. The lowest BCUT2D eigenvalue weighted by molar-refractivity contribution is 0.413. The van der Waals surface area contributed by atoms with Crippen LogP contribution >= 0.6 is 0 Å². The van der Waals surface area contributed by atoms with Crippen LogP contribution in [0.3, 0.4) is 0 Å². The Balaban J connectivity index is 2.74. The molecule has 0 aliphatic heterocycles. The zero-order chi connectivity index (χ0) is 12.8. The van der Waals surface area contributed by atoms with Gasteiger partial charge in [0.25, 0.3) is 0 Å². The second kappa shape index (κ2) is 6.65. The summed E-state index contributed by atoms with van der Waals surface area (Å²) < 4.78 is 5.19. The molecule has 0 amide bonds. The van der Waals surface area contributed by atoms with Crippen molar-refractivity contribution >= 4 is 0 Å². The van der Waals surface area contributed by atoms with Crippen molar-refractivity contribution in [2.45, 2.75) is 39.7 Å². The van der Waals surface area contributed by atoms with Gasteiger partial charge < -0.3 is 10.1 Å². The van der Waals surface area contributed by atoms with Crippen molar-refractivity contribution in [2.24, 2.45) is 5.92 Å². The lowest BCUT2D eigenvalue weighted by Crippen LogP contribution is -2.30. The third kappa shape index (κ3) is 4.39. The van der Waals surface area contributed by atoms with Crippen LogP contribution in [0, 0.1) is 5.92 Å². The van der Waals surface area contributed by atoms with Gasteiger partial charge in [0.2, 0.25) is 0 Å². The summed E-state index contributed by atoms with van der Waals surface area (Å²) in [5.41, 5.74) is 1.38. The van der Waals surface area contributed by atoms with E-state index < -0.39 is 0 Å². The molecule has 1 unspecified atom stereocenters. The van der Waals surface area contributed by atoms with Crippen LogP contribution in [0.4, 0.5) is 0 Å². The quantitative estimate of drug-likeness (QED) is 0.815. The highest BCUT2D eigenvalue weighted by Crippen LogP contribution is 2.25. The number of benzene rings is 1. The molecule has 0 spiro atoms. The molecule has 0 bridgehead atoms. The van der Waals surface area contributed by atoms with Crippen molar-refractivity contribution in [3.63, 3.8) is 0 Å². The van der Waals surface area contributed by atoms with E-state index in [-0.39, 0.29) is 0 Å². The van der Waals surface area contributed by atoms with E-state index in [4.69, 9.17) is 4.74 Å². The molecule has 0 aliphatic rings. The van der Waals surface area contributed by atoms with Crippen molar-refractivity contribution in [3.8, 4) is 5.75 Å². The van der Waals surface area contributed by atoms with Crippen LogP contribution in [0.25, 0.3) is 0 Å². The minimum Gasteiger partial charge on any atom is -0.497 e. The van der Waals surface area contributed by atoms with Crippen LogP contribution in [0.1, 0.15) is 39.2 Å². The Morgan fingerprint density at radius 1 is 1.06 bits per heavy atom. The van der Waals surface area contributed by atoms with Gasteiger partial charge in [0.05, 0.1) is 7.11 Å². The van der Waals surface area contributed by atoms with Crippen LogP contribution in [0.2, 0.25) is 0 Å². The van der Waals surface area contributed by atoms with E-state index in [1.165, 1.54) is 5.56 Å². The van der Waals surface area contributed by atoms with Gasteiger partial charge in [0, 0.05) is 12.6 Å². The Morgan fingerprint density at radius 3 is 2.06 bits per heavy atom. The van der Waals surface area contributed by atoms with Gasteiger partial charge in [-0.25, -0.2) is 0 Å². The molecule has 0 saturated carbocycles. The fourth-order valence-corrected chi connectivity index (χ4v) is 1.95. The maximum absolute atomic E-state index is 5.19. The Morgan fingerprint density at radius 2 is 1.65 bits per heavy atom. The van der Waals surface area contributed by atoms with Gasteiger partial charge in [0.15, 0.2) is 0 Å². The molecule has 17 heavy (non-hydrogen) atoms. The van der Waals surface area contributed by atoms with Crippen molar-refractivity contribution < 1.29 is 4.74 Å². The van der Waals surface area contributed by atoms with Crippen LogP contribution in [0.5, 0.6) is 5.75 Å². The van der Waals surface area contributed by atoms with E-state index in [0.717, 1.165) is 12.3 Å². The summed E-state index contributed by atoms with van der Waals surface area (Å²) in [6.07, 6.45) is 0. The lowest BCUT2D eigenvalue weighted by atomic mass is 9.88. The Hall–Kier alpha value is -1.02. The maximum Gasteiger partial charge on any atom is 0.118 e. The van der Waals surface area contributed by atoms with Crippen molar-refractivity contribution in [2.75, 3.05) is 13.7 Å². The highest BCUT2D eigenvalue weighted by Gasteiger charge is 2.15. The zero-order valence-corrected chi connectivity index (χ0v) is 11.7. The third-order valence-electron chi connectivity index (χ3n) is 3.09. The summed E-state index contributed by atoms with van der Waals surface area (Å²) in [6.45, 7) is 9.95. The minimum absolute atomic E-state index is 0.537. The van der Waals surface area contributed by atoms with E-state index in [9.17, 15) is 0 Å². The molecule has 1 aromatic rings. The molecular weight excluding hydrogens is 210 g/mol. The molecule has 1 N–H and O–H groups in total. The van der Waals surface area contributed by atoms with Gasteiger partial charge in [-0.2, -0.15) is 0 Å². The van der Waals surface area contributed by atoms with Crippen molar-refractivity contribution in [3.05, 3.63) is 29.8 Å². The fourth-order valence-electron chi connectivity index (χ4n) is 1.95. The van der Waals surface area contributed by atoms with Gasteiger partial charge in [-0.1, -0.05) is 39.8 Å². The minimum atomic E-state index is 0.537. The number of methoxy groups -OCH3 is 1. The number of hydrogen-bond acceptors (Lipinski definition) is 2. The molecule has 1 aromatic carbocycles. The van der Waals surface area contributed by atoms with Gasteiger partial charge in [-0.15, -0.1) is 0 Å². The van der Waals surface area contributed by atoms with Crippen LogP contribution < -0.4 is 10.1 Å². The molecule has 2 heteroatoms. The van der Waals surface area contributed by atoms with Crippen LogP contribution in [0.15, 0.2) is 24.3 Å². The zero-order valence-electron chi connectivity index (χ0n) is 11.7. The first kappa shape index (κ1) is 14.0. The highest BCUT2D eigenvalue weighted by atomic mass is 16.5. The Labute approximate surface area is 105 Å². The lowest BCUT2D eigenvalue weighted by Gasteiger charge is -2.23. The van der Waals surface area contributed by atoms with Crippen molar-refractivity contribution in [1.29, 1.82) is 0 Å². The SMILES string of the molecule is COc1ccc(C(CNC(C)C)C(C)C)cc1. The molecule has 0 saturated heterocycles. The largest absolute Gasteiger partial charge is 0.497 e. The van der Waals surface area contributed by atoms with Gasteiger partial charge >= 0.3 is 0 Å². The smallest absolute Gasteiger partial charge is 0.118 e. The number of rotatable bonds is 6. The van der Waals surface area contributed by atoms with Crippen LogP contribution in [-0.4, -0.2) is 19.7 Å². The molecule has 0 aliphatic carbocycles. The summed E-state index contributed by atoms with van der Waals surface area (Å²) in [4.78, 5) is 0. The Bertz CT molecular complexity index is 316. The predicted molar refractivity (Wildman–Crippen MR) is 73.7 cm³/mol. The average Bonchev–Trinajstić information content (AvgIpc) is 2.29. The summed E-state index contributed by atoms with van der Waals surface area (Å²) in [6, 6.07) is 8.96. The molecule has 0 heterocycles. The van der Waals surface area contributed by atoms with E-state index in [1.54, 1.807) is 7.11 Å². The molecule has 96 valence electrons. The molecule has 2 nitrogen and oxygen atoms in total. The molecule has 0 aromatic heterocycles. The first-order chi connectivity index (χ1) is 8.04. The monoisotopic (exact) mass is 235 g/mol. The highest BCUT2D eigenvalue weighted by molar-refractivity contribution is 5.29. The van der Waals surface area contributed by atoms with E-state index in [1.807, 2.05) is 12.1 Å². The molecule has 1 atom stereocenters. The second-order valence-corrected chi connectivity index (χ2v) is 5.19. The van der Waals surface area contributed by atoms with Crippen molar-refractivity contribution in [1.82, 2.24) is 5.32 Å². The first-order valence-electron chi connectivity index (χ1n) is 6.42. The molecule has 0 radical (unpaired) electrons. The summed E-state index contributed by atoms with van der Waals surface area (Å²) >= 11 is 0. The summed E-state index contributed by atoms with van der Waals surface area (Å²) in [5, 5.41) is 3.52. The second-order valence-electron chi connectivity index (χ2n) is 5.19. The summed E-state index contributed by atoms with van der Waals surface area (Å²) in [7, 11) is 1.70. The van der Waals surface area contributed by atoms with E-state index in [0.29, 0.717) is 17.9 Å². The van der Waals surface area contributed by atoms with Gasteiger partial charge in [-0.05, 0) is 29.5 Å². The topological polar surface area (TPSA) is 21.3 Å². The normalized spacial score (nSPS) is 13.1. The predicted octanol–water partition coefficient (Wildman–Crippen LogP) is 3.43. The molecule has 1 rings (SSSR count). The number of hydrogen-bond donors (Lipinski definition) is 1. The number of ether oxygens (including phenoxy) is 1. The van der Waals surface area contributed by atoms with Gasteiger partial charge in [0.1, 0.15) is 5.75 Å². The Kier molecular flexibility index (Phi) is 5.49. The molecule has 0 fully saturated rings. The van der Waals surface area contributed by atoms with Gasteiger partial charge in [-0.3, -0.25) is 0 Å². The maximum atomic E-state index is 5.19. The standard InChI is InChI=1S/C15H25NO/c1-11(2)15(10-16-12(3)4)13-6-8-14(17-5)9-7-13/h6-9,11-12,15-16H,10H2,1-5H3.